The van der Waals surface area contributed by atoms with Crippen LogP contribution in [-0.4, -0.2) is 50.3 Å². The molecule has 1 aliphatic heterocycles. The fourth-order valence-corrected chi connectivity index (χ4v) is 4.21. The number of halogens is 2. The van der Waals surface area contributed by atoms with Gasteiger partial charge in [-0.3, -0.25) is 9.59 Å². The van der Waals surface area contributed by atoms with Gasteiger partial charge in [0.05, 0.1) is 6.61 Å². The van der Waals surface area contributed by atoms with E-state index in [9.17, 15) is 23.2 Å². The fourth-order valence-electron chi connectivity index (χ4n) is 4.21. The number of nitrogens with zero attached hydrogens (tertiary/aromatic N) is 3. The molecule has 1 fully saturated rings. The van der Waals surface area contributed by atoms with Gasteiger partial charge in [0.2, 0.25) is 12.3 Å². The van der Waals surface area contributed by atoms with E-state index in [4.69, 9.17) is 10.5 Å². The first-order valence-corrected chi connectivity index (χ1v) is 12.6. The average molecular weight is 543 g/mol. The molecule has 2 aromatic rings. The van der Waals surface area contributed by atoms with Crippen LogP contribution >= 0.6 is 0 Å². The minimum atomic E-state index is -3.04. The molecule has 39 heavy (non-hydrogen) atoms. The molecule has 1 saturated heterocycles. The van der Waals surface area contributed by atoms with Crippen LogP contribution in [0.1, 0.15) is 39.5 Å². The Morgan fingerprint density at radius 3 is 2.54 bits per heavy atom. The topological polar surface area (TPSA) is 115 Å². The number of para-hydroxylation sites is 2. The lowest BCUT2D eigenvalue weighted by molar-refractivity contribution is -0.138. The minimum absolute atomic E-state index is 0.0701. The molecule has 2 amide bonds. The zero-order valence-electron chi connectivity index (χ0n) is 21.9. The number of hydrogen-bond acceptors (Lipinski definition) is 7. The van der Waals surface area contributed by atoms with Gasteiger partial charge in [0.25, 0.3) is 0 Å². The van der Waals surface area contributed by atoms with Crippen molar-refractivity contribution in [2.24, 2.45) is 10.7 Å². The average Bonchev–Trinajstić information content (AvgIpc) is 2.92. The number of ether oxygens (including phenoxy) is 2. The summed E-state index contributed by atoms with van der Waals surface area (Å²) in [6, 6.07) is 13.0. The maximum atomic E-state index is 12.9. The smallest absolute Gasteiger partial charge is 0.387 e. The number of amides is 2. The monoisotopic (exact) mass is 542 g/mol. The molecule has 0 aromatic heterocycles. The highest BCUT2D eigenvalue weighted by Crippen LogP contribution is 2.30. The van der Waals surface area contributed by atoms with E-state index in [-0.39, 0.29) is 48.3 Å². The summed E-state index contributed by atoms with van der Waals surface area (Å²) in [7, 11) is 0. The zero-order chi connectivity index (χ0) is 28.4. The predicted octanol–water partition coefficient (Wildman–Crippen LogP) is 4.73. The Labute approximate surface area is 225 Å². The standard InChI is InChI=1S/C28H32F2N4O5/c1-3-38-27(37)26(31)22(19(2)32-23-8-4-5-9-24(23)39-28(29)30)15-17-33(18-35)20-11-13-21(14-12-20)34-16-7-6-10-25(34)36/h4-5,8-9,11-14,18,28H,3,6-7,10,15-17,31H2,1-2H3. The molecule has 0 saturated carbocycles. The number of hydrogen-bond donors (Lipinski definition) is 1. The van der Waals surface area contributed by atoms with Crippen LogP contribution in [0.4, 0.5) is 25.8 Å². The molecule has 3 rings (SSSR count). The van der Waals surface area contributed by atoms with Gasteiger partial charge in [0, 0.05) is 42.2 Å². The van der Waals surface area contributed by atoms with Gasteiger partial charge >= 0.3 is 12.6 Å². The molecule has 0 aliphatic carbocycles. The number of rotatable bonds is 12. The molecule has 0 unspecified atom stereocenters. The quantitative estimate of drug-likeness (QED) is 0.180. The van der Waals surface area contributed by atoms with Crippen molar-refractivity contribution < 1.29 is 32.6 Å². The fraction of sp³-hybridized carbons (Fsp3) is 0.357. The van der Waals surface area contributed by atoms with Crippen molar-refractivity contribution >= 4 is 41.1 Å². The van der Waals surface area contributed by atoms with Gasteiger partial charge in [-0.05, 0) is 69.5 Å². The summed E-state index contributed by atoms with van der Waals surface area (Å²) in [5, 5.41) is 0. The van der Waals surface area contributed by atoms with Crippen LogP contribution in [0.3, 0.4) is 0 Å². The molecule has 9 nitrogen and oxygen atoms in total. The SMILES string of the molecule is CCOC(=O)C(N)=C(CCN(C=O)c1ccc(N2CCCCC2=O)cc1)C(C)=Nc1ccccc1OC(F)F. The molecule has 208 valence electrons. The molecule has 0 spiro atoms. The summed E-state index contributed by atoms with van der Waals surface area (Å²) in [6.07, 6.45) is 3.09. The van der Waals surface area contributed by atoms with Crippen LogP contribution in [0.5, 0.6) is 5.75 Å². The Kier molecular flexibility index (Phi) is 10.5. The van der Waals surface area contributed by atoms with Gasteiger partial charge in [-0.2, -0.15) is 8.78 Å². The third-order valence-electron chi connectivity index (χ3n) is 6.17. The van der Waals surface area contributed by atoms with Crippen LogP contribution in [0.2, 0.25) is 0 Å². The number of alkyl halides is 2. The number of aliphatic imine (C=N–C) groups is 1. The number of esters is 1. The highest BCUT2D eigenvalue weighted by Gasteiger charge is 2.21. The van der Waals surface area contributed by atoms with E-state index in [0.717, 1.165) is 18.5 Å². The third-order valence-corrected chi connectivity index (χ3v) is 6.17. The number of carbonyl (C=O) groups excluding carboxylic acids is 3. The second-order valence-corrected chi connectivity index (χ2v) is 8.72. The molecule has 0 bridgehead atoms. The Bertz CT molecular complexity index is 1230. The number of carbonyl (C=O) groups is 3. The molecule has 0 radical (unpaired) electrons. The van der Waals surface area contributed by atoms with Gasteiger partial charge in [0.15, 0.2) is 5.75 Å². The highest BCUT2D eigenvalue weighted by atomic mass is 19.3. The molecule has 1 heterocycles. The first-order chi connectivity index (χ1) is 18.7. The zero-order valence-corrected chi connectivity index (χ0v) is 21.9. The third kappa shape index (κ3) is 7.86. The largest absolute Gasteiger partial charge is 0.461 e. The summed E-state index contributed by atoms with van der Waals surface area (Å²) in [5.41, 5.74) is 7.96. The minimum Gasteiger partial charge on any atom is -0.461 e. The second kappa shape index (κ2) is 14.0. The number of nitrogens with two attached hydrogens (primary N) is 1. The predicted molar refractivity (Wildman–Crippen MR) is 144 cm³/mol. The van der Waals surface area contributed by atoms with Crippen molar-refractivity contribution in [3.63, 3.8) is 0 Å². The summed E-state index contributed by atoms with van der Waals surface area (Å²) in [5.74, 6) is -0.823. The van der Waals surface area contributed by atoms with E-state index >= 15 is 0 Å². The Hall–Kier alpha value is -4.28. The van der Waals surface area contributed by atoms with Crippen LogP contribution in [0.15, 0.2) is 64.8 Å². The lowest BCUT2D eigenvalue weighted by Crippen LogP contribution is -2.35. The van der Waals surface area contributed by atoms with Crippen molar-refractivity contribution in [3.8, 4) is 5.75 Å². The molecular formula is C28H32F2N4O5. The second-order valence-electron chi connectivity index (χ2n) is 8.72. The maximum absolute atomic E-state index is 12.9. The first-order valence-electron chi connectivity index (χ1n) is 12.6. The maximum Gasteiger partial charge on any atom is 0.387 e. The summed E-state index contributed by atoms with van der Waals surface area (Å²) >= 11 is 0. The Morgan fingerprint density at radius 1 is 1.18 bits per heavy atom. The van der Waals surface area contributed by atoms with E-state index < -0.39 is 12.6 Å². The van der Waals surface area contributed by atoms with Crippen LogP contribution in [-0.2, 0) is 19.1 Å². The van der Waals surface area contributed by atoms with Crippen molar-refractivity contribution in [2.75, 3.05) is 29.5 Å². The summed E-state index contributed by atoms with van der Waals surface area (Å²) in [4.78, 5) is 44.2. The van der Waals surface area contributed by atoms with Crippen LogP contribution in [0, 0.1) is 0 Å². The summed E-state index contributed by atoms with van der Waals surface area (Å²) in [6.45, 7) is 1.06. The number of piperidine rings is 1. The van der Waals surface area contributed by atoms with E-state index in [2.05, 4.69) is 9.73 Å². The lowest BCUT2D eigenvalue weighted by atomic mass is 10.0. The molecule has 11 heteroatoms. The van der Waals surface area contributed by atoms with Crippen molar-refractivity contribution in [3.05, 3.63) is 59.8 Å². The molecule has 1 aliphatic rings. The van der Waals surface area contributed by atoms with Gasteiger partial charge < -0.3 is 25.0 Å². The van der Waals surface area contributed by atoms with E-state index in [1.807, 2.05) is 0 Å². The van der Waals surface area contributed by atoms with Crippen molar-refractivity contribution in [1.29, 1.82) is 0 Å². The van der Waals surface area contributed by atoms with Gasteiger partial charge in [-0.25, -0.2) is 9.79 Å². The molecule has 2 aromatic carbocycles. The van der Waals surface area contributed by atoms with E-state index in [0.29, 0.717) is 30.6 Å². The van der Waals surface area contributed by atoms with Crippen LogP contribution in [0.25, 0.3) is 0 Å². The van der Waals surface area contributed by atoms with Gasteiger partial charge in [0.1, 0.15) is 11.4 Å². The van der Waals surface area contributed by atoms with Crippen molar-refractivity contribution in [2.45, 2.75) is 46.1 Å². The number of benzene rings is 2. The van der Waals surface area contributed by atoms with Gasteiger partial charge in [-0.15, -0.1) is 0 Å². The first kappa shape index (κ1) is 29.3. The van der Waals surface area contributed by atoms with Crippen molar-refractivity contribution in [1.82, 2.24) is 0 Å². The molecule has 2 N–H and O–H groups in total. The highest BCUT2D eigenvalue weighted by molar-refractivity contribution is 6.06. The molecule has 0 atom stereocenters. The lowest BCUT2D eigenvalue weighted by Gasteiger charge is -2.27. The van der Waals surface area contributed by atoms with Gasteiger partial charge in [-0.1, -0.05) is 12.1 Å². The summed E-state index contributed by atoms with van der Waals surface area (Å²) < 4.78 is 35.3. The Morgan fingerprint density at radius 2 is 1.90 bits per heavy atom. The Balaban J connectivity index is 1.85. The van der Waals surface area contributed by atoms with E-state index in [1.54, 1.807) is 49.1 Å². The molecular weight excluding hydrogens is 510 g/mol. The van der Waals surface area contributed by atoms with E-state index in [1.165, 1.54) is 23.1 Å². The normalized spacial score (nSPS) is 14.6. The van der Waals surface area contributed by atoms with Crippen LogP contribution < -0.4 is 20.3 Å². The number of anilines is 2.